The van der Waals surface area contributed by atoms with Crippen molar-refractivity contribution < 1.29 is 33.6 Å². The summed E-state index contributed by atoms with van der Waals surface area (Å²) in [6.45, 7) is 3.24. The van der Waals surface area contributed by atoms with Gasteiger partial charge in [0.1, 0.15) is 18.2 Å². The first-order valence-corrected chi connectivity index (χ1v) is 10.5. The summed E-state index contributed by atoms with van der Waals surface area (Å²) in [5, 5.41) is 13.2. The predicted molar refractivity (Wildman–Crippen MR) is 115 cm³/mol. The summed E-state index contributed by atoms with van der Waals surface area (Å²) >= 11 is 0. The van der Waals surface area contributed by atoms with E-state index in [4.69, 9.17) is 18.9 Å². The molecule has 0 spiro atoms. The van der Waals surface area contributed by atoms with Gasteiger partial charge in [-0.3, -0.25) is 9.59 Å². The molecule has 2 aromatic rings. The molecule has 32 heavy (non-hydrogen) atoms. The summed E-state index contributed by atoms with van der Waals surface area (Å²) in [6.07, 6.45) is -3.87. The molecule has 1 aliphatic rings. The van der Waals surface area contributed by atoms with E-state index in [2.05, 4.69) is 5.32 Å². The highest BCUT2D eigenvalue weighted by Gasteiger charge is 2.48. The van der Waals surface area contributed by atoms with Crippen LogP contribution in [0.1, 0.15) is 25.0 Å². The molecule has 3 rings (SSSR count). The first kappa shape index (κ1) is 23.9. The minimum atomic E-state index is -1.40. The Balaban J connectivity index is 1.77. The second-order valence-corrected chi connectivity index (χ2v) is 7.63. The summed E-state index contributed by atoms with van der Waals surface area (Å²) in [4.78, 5) is 23.5. The number of hydrogen-bond acceptors (Lipinski definition) is 7. The highest BCUT2D eigenvalue weighted by Crippen LogP contribution is 2.27. The summed E-state index contributed by atoms with van der Waals surface area (Å²) in [7, 11) is 0. The van der Waals surface area contributed by atoms with Crippen LogP contribution in [0, 0.1) is 0 Å². The molecular formula is C24H29NO7. The monoisotopic (exact) mass is 443 g/mol. The number of hydrogen-bond donors (Lipinski definition) is 2. The second-order valence-electron chi connectivity index (χ2n) is 7.63. The number of rotatable bonds is 9. The normalized spacial score (nSPS) is 25.2. The van der Waals surface area contributed by atoms with Crippen LogP contribution in [0.4, 0.5) is 0 Å². The molecule has 1 fully saturated rings. The average molecular weight is 443 g/mol. The fourth-order valence-corrected chi connectivity index (χ4v) is 3.61. The van der Waals surface area contributed by atoms with E-state index in [9.17, 15) is 14.7 Å². The molecule has 0 saturated carbocycles. The molecule has 1 heterocycles. The fourth-order valence-electron chi connectivity index (χ4n) is 3.61. The van der Waals surface area contributed by atoms with Gasteiger partial charge < -0.3 is 29.4 Å². The van der Waals surface area contributed by atoms with E-state index in [1.54, 1.807) is 0 Å². The van der Waals surface area contributed by atoms with Gasteiger partial charge in [-0.15, -0.1) is 0 Å². The topological polar surface area (TPSA) is 103 Å². The fraction of sp³-hybridized carbons (Fsp3) is 0.417. The molecule has 5 atom stereocenters. The standard InChI is InChI=1S/C24H29NO7/c1-16(26)25-21-23(31-17(2)27)22(30-14-19-11-7-4-8-12-19)20(32-24(21)28)15-29-13-18-9-5-3-6-10-18/h3-12,20-24,28H,13-15H2,1-2H3,(H,25,26)/t20-,21+,22-,23-,24+/m1/s1. The van der Waals surface area contributed by atoms with Crippen molar-refractivity contribution in [3.8, 4) is 0 Å². The van der Waals surface area contributed by atoms with Gasteiger partial charge in [0, 0.05) is 13.8 Å². The number of nitrogens with one attached hydrogen (secondary N) is 1. The first-order valence-electron chi connectivity index (χ1n) is 10.5. The largest absolute Gasteiger partial charge is 0.457 e. The van der Waals surface area contributed by atoms with E-state index in [1.807, 2.05) is 60.7 Å². The molecule has 0 aliphatic carbocycles. The Kier molecular flexibility index (Phi) is 8.75. The summed E-state index contributed by atoms with van der Waals surface area (Å²) in [6, 6.07) is 18.2. The summed E-state index contributed by atoms with van der Waals surface area (Å²) in [5.74, 6) is -0.952. The van der Waals surface area contributed by atoms with Crippen LogP contribution in [0.25, 0.3) is 0 Å². The molecule has 0 radical (unpaired) electrons. The Hall–Kier alpha value is -2.78. The molecule has 2 aromatic carbocycles. The zero-order chi connectivity index (χ0) is 22.9. The minimum absolute atomic E-state index is 0.0932. The number of ether oxygens (including phenoxy) is 4. The Morgan fingerprint density at radius 1 is 0.938 bits per heavy atom. The number of esters is 1. The van der Waals surface area contributed by atoms with E-state index in [0.717, 1.165) is 11.1 Å². The molecule has 172 valence electrons. The maximum absolute atomic E-state index is 11.8. The molecule has 1 amide bonds. The molecule has 8 nitrogen and oxygen atoms in total. The van der Waals surface area contributed by atoms with Crippen LogP contribution in [0.5, 0.6) is 0 Å². The smallest absolute Gasteiger partial charge is 0.303 e. The van der Waals surface area contributed by atoms with Crippen molar-refractivity contribution in [1.29, 1.82) is 0 Å². The van der Waals surface area contributed by atoms with Crippen LogP contribution in [0.15, 0.2) is 60.7 Å². The van der Waals surface area contributed by atoms with Crippen LogP contribution >= 0.6 is 0 Å². The Labute approximate surface area is 187 Å². The third-order valence-corrected chi connectivity index (χ3v) is 5.02. The molecule has 0 unspecified atom stereocenters. The van der Waals surface area contributed by atoms with Crippen molar-refractivity contribution in [2.45, 2.75) is 57.7 Å². The van der Waals surface area contributed by atoms with Crippen molar-refractivity contribution in [2.75, 3.05) is 6.61 Å². The molecule has 0 aromatic heterocycles. The number of amides is 1. The third kappa shape index (κ3) is 6.86. The van der Waals surface area contributed by atoms with E-state index < -0.39 is 42.5 Å². The van der Waals surface area contributed by atoms with Crippen LogP contribution in [0.3, 0.4) is 0 Å². The van der Waals surface area contributed by atoms with E-state index in [1.165, 1.54) is 13.8 Å². The lowest BCUT2D eigenvalue weighted by molar-refractivity contribution is -0.272. The minimum Gasteiger partial charge on any atom is -0.457 e. The van der Waals surface area contributed by atoms with Gasteiger partial charge in [-0.05, 0) is 11.1 Å². The predicted octanol–water partition coefficient (Wildman–Crippen LogP) is 1.94. The maximum atomic E-state index is 11.8. The lowest BCUT2D eigenvalue weighted by Gasteiger charge is -2.44. The van der Waals surface area contributed by atoms with Crippen LogP contribution < -0.4 is 5.32 Å². The molecule has 1 saturated heterocycles. The number of carbonyl (C=O) groups excluding carboxylic acids is 2. The van der Waals surface area contributed by atoms with Crippen LogP contribution in [0.2, 0.25) is 0 Å². The Bertz CT molecular complexity index is 861. The van der Waals surface area contributed by atoms with Gasteiger partial charge in [0.25, 0.3) is 0 Å². The quantitative estimate of drug-likeness (QED) is 0.571. The van der Waals surface area contributed by atoms with Gasteiger partial charge in [0.15, 0.2) is 12.4 Å². The maximum Gasteiger partial charge on any atom is 0.303 e. The number of aliphatic hydroxyl groups excluding tert-OH is 1. The van der Waals surface area contributed by atoms with Gasteiger partial charge in [-0.2, -0.15) is 0 Å². The molecule has 8 heteroatoms. The van der Waals surface area contributed by atoms with Gasteiger partial charge in [-0.1, -0.05) is 60.7 Å². The number of benzene rings is 2. The van der Waals surface area contributed by atoms with Crippen molar-refractivity contribution in [2.24, 2.45) is 0 Å². The highest BCUT2D eigenvalue weighted by atomic mass is 16.7. The van der Waals surface area contributed by atoms with E-state index in [-0.39, 0.29) is 13.2 Å². The van der Waals surface area contributed by atoms with Crippen LogP contribution in [-0.2, 0) is 41.8 Å². The second kappa shape index (κ2) is 11.7. The van der Waals surface area contributed by atoms with Gasteiger partial charge in [-0.25, -0.2) is 0 Å². The third-order valence-electron chi connectivity index (χ3n) is 5.02. The zero-order valence-electron chi connectivity index (χ0n) is 18.2. The molecular weight excluding hydrogens is 414 g/mol. The van der Waals surface area contributed by atoms with Gasteiger partial charge >= 0.3 is 5.97 Å². The highest BCUT2D eigenvalue weighted by molar-refractivity contribution is 5.73. The molecule has 1 aliphatic heterocycles. The molecule has 2 N–H and O–H groups in total. The Morgan fingerprint density at radius 2 is 1.53 bits per heavy atom. The zero-order valence-corrected chi connectivity index (χ0v) is 18.2. The first-order chi connectivity index (χ1) is 15.4. The van der Waals surface area contributed by atoms with E-state index >= 15 is 0 Å². The van der Waals surface area contributed by atoms with Crippen LogP contribution in [-0.4, -0.2) is 54.2 Å². The molecule has 0 bridgehead atoms. The van der Waals surface area contributed by atoms with Gasteiger partial charge in [0.2, 0.25) is 5.91 Å². The van der Waals surface area contributed by atoms with Crippen molar-refractivity contribution in [1.82, 2.24) is 5.32 Å². The van der Waals surface area contributed by atoms with Crippen molar-refractivity contribution >= 4 is 11.9 Å². The average Bonchev–Trinajstić information content (AvgIpc) is 2.77. The Morgan fingerprint density at radius 3 is 2.09 bits per heavy atom. The number of aliphatic hydroxyl groups is 1. The van der Waals surface area contributed by atoms with Gasteiger partial charge in [0.05, 0.1) is 19.8 Å². The van der Waals surface area contributed by atoms with Crippen molar-refractivity contribution in [3.63, 3.8) is 0 Å². The summed E-state index contributed by atoms with van der Waals surface area (Å²) < 4.78 is 23.2. The lowest BCUT2D eigenvalue weighted by atomic mass is 9.96. The summed E-state index contributed by atoms with van der Waals surface area (Å²) in [5.41, 5.74) is 1.90. The SMILES string of the molecule is CC(=O)N[C@H]1[C@@H](OC(C)=O)[C@H](OCc2ccccc2)[C@@H](COCc2ccccc2)O[C@@H]1O. The lowest BCUT2D eigenvalue weighted by Crippen LogP contribution is -2.65. The van der Waals surface area contributed by atoms with Crippen molar-refractivity contribution in [3.05, 3.63) is 71.8 Å². The van der Waals surface area contributed by atoms with E-state index in [0.29, 0.717) is 6.61 Å². The number of carbonyl (C=O) groups is 2.